The number of hydrogen-bond donors (Lipinski definition) is 1. The predicted octanol–water partition coefficient (Wildman–Crippen LogP) is 3.90. The number of nitrogens with two attached hydrogens (primary N) is 1. The van der Waals surface area contributed by atoms with Crippen molar-refractivity contribution < 1.29 is 0 Å². The molecule has 0 aliphatic rings. The SMILES string of the molecule is CCCN(C(C)C)C(CN)(CC(C)C)CC(C)C. The van der Waals surface area contributed by atoms with Gasteiger partial charge in [0.2, 0.25) is 0 Å². The second kappa shape index (κ2) is 8.16. The van der Waals surface area contributed by atoms with E-state index in [9.17, 15) is 0 Å². The summed E-state index contributed by atoms with van der Waals surface area (Å²) in [5.74, 6) is 1.40. The van der Waals surface area contributed by atoms with Crippen molar-refractivity contribution in [1.29, 1.82) is 0 Å². The standard InChI is InChI=1S/C16H36N2/c1-8-9-18(15(6)7)16(12-17,10-13(2)3)11-14(4)5/h13-15H,8-12,17H2,1-7H3. The lowest BCUT2D eigenvalue weighted by Gasteiger charge is -2.48. The largest absolute Gasteiger partial charge is 0.329 e. The maximum Gasteiger partial charge on any atom is 0.0339 e. The summed E-state index contributed by atoms with van der Waals surface area (Å²) in [6.45, 7) is 18.1. The molecule has 0 fully saturated rings. The van der Waals surface area contributed by atoms with Gasteiger partial charge in [-0.15, -0.1) is 0 Å². The molecular formula is C16H36N2. The smallest absolute Gasteiger partial charge is 0.0339 e. The van der Waals surface area contributed by atoms with Crippen LogP contribution in [-0.4, -0.2) is 29.6 Å². The van der Waals surface area contributed by atoms with E-state index in [-0.39, 0.29) is 5.54 Å². The molecule has 0 unspecified atom stereocenters. The normalized spacial score (nSPS) is 13.3. The lowest BCUT2D eigenvalue weighted by Crippen LogP contribution is -2.58. The molecule has 0 aliphatic heterocycles. The van der Waals surface area contributed by atoms with E-state index in [0.717, 1.165) is 13.1 Å². The Bertz CT molecular complexity index is 199. The highest BCUT2D eigenvalue weighted by Gasteiger charge is 2.37. The van der Waals surface area contributed by atoms with E-state index in [1.165, 1.54) is 19.3 Å². The molecule has 0 heterocycles. The van der Waals surface area contributed by atoms with Gasteiger partial charge < -0.3 is 5.73 Å². The van der Waals surface area contributed by atoms with Gasteiger partial charge >= 0.3 is 0 Å². The summed E-state index contributed by atoms with van der Waals surface area (Å²) < 4.78 is 0. The Kier molecular flexibility index (Phi) is 8.13. The third kappa shape index (κ3) is 5.27. The van der Waals surface area contributed by atoms with Crippen molar-refractivity contribution in [2.45, 2.75) is 79.3 Å². The predicted molar refractivity (Wildman–Crippen MR) is 82.8 cm³/mol. The minimum atomic E-state index is 0.187. The highest BCUT2D eigenvalue weighted by atomic mass is 15.2. The maximum absolute atomic E-state index is 6.23. The van der Waals surface area contributed by atoms with E-state index in [1.807, 2.05) is 0 Å². The molecule has 0 atom stereocenters. The third-order valence-corrected chi connectivity index (χ3v) is 3.65. The summed E-state index contributed by atoms with van der Waals surface area (Å²) in [5.41, 5.74) is 6.42. The van der Waals surface area contributed by atoms with Crippen LogP contribution in [-0.2, 0) is 0 Å². The Morgan fingerprint density at radius 2 is 1.39 bits per heavy atom. The summed E-state index contributed by atoms with van der Waals surface area (Å²) >= 11 is 0. The van der Waals surface area contributed by atoms with E-state index in [4.69, 9.17) is 5.73 Å². The Hall–Kier alpha value is -0.0800. The number of rotatable bonds is 9. The molecule has 0 saturated heterocycles. The van der Waals surface area contributed by atoms with Crippen LogP contribution in [0.2, 0.25) is 0 Å². The van der Waals surface area contributed by atoms with Crippen molar-refractivity contribution in [2.75, 3.05) is 13.1 Å². The van der Waals surface area contributed by atoms with Crippen LogP contribution in [0.25, 0.3) is 0 Å². The van der Waals surface area contributed by atoms with Gasteiger partial charge in [0, 0.05) is 18.1 Å². The zero-order chi connectivity index (χ0) is 14.3. The van der Waals surface area contributed by atoms with Gasteiger partial charge in [-0.05, 0) is 51.5 Å². The van der Waals surface area contributed by atoms with Crippen molar-refractivity contribution in [3.8, 4) is 0 Å². The summed E-state index contributed by atoms with van der Waals surface area (Å²) in [5, 5.41) is 0. The quantitative estimate of drug-likeness (QED) is 0.678. The van der Waals surface area contributed by atoms with E-state index in [2.05, 4.69) is 53.4 Å². The Labute approximate surface area is 115 Å². The van der Waals surface area contributed by atoms with Gasteiger partial charge in [0.05, 0.1) is 0 Å². The first kappa shape index (κ1) is 17.9. The van der Waals surface area contributed by atoms with Crippen LogP contribution in [0.5, 0.6) is 0 Å². The summed E-state index contributed by atoms with van der Waals surface area (Å²) in [7, 11) is 0. The fraction of sp³-hybridized carbons (Fsp3) is 1.00. The first-order valence-electron chi connectivity index (χ1n) is 7.75. The van der Waals surface area contributed by atoms with Crippen LogP contribution in [0, 0.1) is 11.8 Å². The molecule has 0 radical (unpaired) electrons. The van der Waals surface area contributed by atoms with Gasteiger partial charge in [-0.2, -0.15) is 0 Å². The fourth-order valence-electron chi connectivity index (χ4n) is 3.41. The van der Waals surface area contributed by atoms with Crippen LogP contribution >= 0.6 is 0 Å². The molecular weight excluding hydrogens is 220 g/mol. The molecule has 0 aromatic carbocycles. The highest BCUT2D eigenvalue weighted by molar-refractivity contribution is 4.94. The van der Waals surface area contributed by atoms with Crippen LogP contribution < -0.4 is 5.73 Å². The van der Waals surface area contributed by atoms with E-state index < -0.39 is 0 Å². The Morgan fingerprint density at radius 3 is 1.61 bits per heavy atom. The van der Waals surface area contributed by atoms with Gasteiger partial charge in [-0.1, -0.05) is 34.6 Å². The van der Waals surface area contributed by atoms with E-state index in [1.54, 1.807) is 0 Å². The molecule has 0 spiro atoms. The van der Waals surface area contributed by atoms with Crippen molar-refractivity contribution in [2.24, 2.45) is 17.6 Å². The van der Waals surface area contributed by atoms with Crippen LogP contribution in [0.15, 0.2) is 0 Å². The Balaban J connectivity index is 5.20. The van der Waals surface area contributed by atoms with Crippen LogP contribution in [0.3, 0.4) is 0 Å². The summed E-state index contributed by atoms with van der Waals surface area (Å²) in [6, 6.07) is 0.575. The van der Waals surface area contributed by atoms with Crippen molar-refractivity contribution in [3.63, 3.8) is 0 Å². The average molecular weight is 256 g/mol. The average Bonchev–Trinajstić information content (AvgIpc) is 2.22. The van der Waals surface area contributed by atoms with Crippen molar-refractivity contribution >= 4 is 0 Å². The lowest BCUT2D eigenvalue weighted by molar-refractivity contribution is 0.0268. The van der Waals surface area contributed by atoms with Gasteiger partial charge in [-0.25, -0.2) is 0 Å². The second-order valence-corrected chi connectivity index (χ2v) is 6.91. The lowest BCUT2D eigenvalue weighted by atomic mass is 9.79. The fourth-order valence-corrected chi connectivity index (χ4v) is 3.41. The zero-order valence-corrected chi connectivity index (χ0v) is 13.8. The zero-order valence-electron chi connectivity index (χ0n) is 13.8. The molecule has 110 valence electrons. The monoisotopic (exact) mass is 256 g/mol. The van der Waals surface area contributed by atoms with Gasteiger partial charge in [0.25, 0.3) is 0 Å². The second-order valence-electron chi connectivity index (χ2n) is 6.91. The van der Waals surface area contributed by atoms with Gasteiger partial charge in [0.15, 0.2) is 0 Å². The third-order valence-electron chi connectivity index (χ3n) is 3.65. The molecule has 0 bridgehead atoms. The van der Waals surface area contributed by atoms with Crippen molar-refractivity contribution in [1.82, 2.24) is 4.90 Å². The molecule has 0 amide bonds. The minimum absolute atomic E-state index is 0.187. The van der Waals surface area contributed by atoms with E-state index in [0.29, 0.717) is 17.9 Å². The minimum Gasteiger partial charge on any atom is -0.329 e. The summed E-state index contributed by atoms with van der Waals surface area (Å²) in [4.78, 5) is 2.66. The first-order chi connectivity index (χ1) is 8.29. The molecule has 0 aliphatic carbocycles. The van der Waals surface area contributed by atoms with E-state index >= 15 is 0 Å². The number of nitrogens with zero attached hydrogens (tertiary/aromatic N) is 1. The first-order valence-corrected chi connectivity index (χ1v) is 7.75. The molecule has 0 rings (SSSR count). The molecule has 2 N–H and O–H groups in total. The molecule has 0 saturated carbocycles. The molecule has 2 heteroatoms. The topological polar surface area (TPSA) is 29.3 Å². The maximum atomic E-state index is 6.23. The number of hydrogen-bond acceptors (Lipinski definition) is 2. The molecule has 0 aromatic heterocycles. The molecule has 18 heavy (non-hydrogen) atoms. The molecule has 2 nitrogen and oxygen atoms in total. The molecule has 0 aromatic rings. The van der Waals surface area contributed by atoms with Gasteiger partial charge in [-0.3, -0.25) is 4.90 Å². The van der Waals surface area contributed by atoms with Crippen LogP contribution in [0.1, 0.15) is 67.7 Å². The Morgan fingerprint density at radius 1 is 0.944 bits per heavy atom. The van der Waals surface area contributed by atoms with Gasteiger partial charge in [0.1, 0.15) is 0 Å². The van der Waals surface area contributed by atoms with Crippen molar-refractivity contribution in [3.05, 3.63) is 0 Å². The van der Waals surface area contributed by atoms with Crippen LogP contribution in [0.4, 0.5) is 0 Å². The highest BCUT2D eigenvalue weighted by Crippen LogP contribution is 2.32. The summed E-state index contributed by atoms with van der Waals surface area (Å²) in [6.07, 6.45) is 3.62.